The molecule has 2 aromatic carbocycles. The van der Waals surface area contributed by atoms with Gasteiger partial charge in [0.1, 0.15) is 0 Å². The Hall–Kier alpha value is -0.279. The normalized spacial score (nSPS) is 25.5. The van der Waals surface area contributed by atoms with Crippen molar-refractivity contribution in [3.05, 3.63) is 63.7 Å². The van der Waals surface area contributed by atoms with E-state index < -0.39 is 7.38 Å². The van der Waals surface area contributed by atoms with Crippen LogP contribution < -0.4 is 35.2 Å². The molecule has 3 atom stereocenters. The fourth-order valence-corrected chi connectivity index (χ4v) is 12.5. The summed E-state index contributed by atoms with van der Waals surface area (Å²) in [7, 11) is -1.98. The van der Waals surface area contributed by atoms with Crippen molar-refractivity contribution in [2.24, 2.45) is 5.92 Å². The van der Waals surface area contributed by atoms with E-state index in [1.165, 1.54) is 57.0 Å². The molecule has 0 fully saturated rings. The second kappa shape index (κ2) is 8.25. The van der Waals surface area contributed by atoms with Crippen LogP contribution in [0.4, 0.5) is 0 Å². The van der Waals surface area contributed by atoms with Crippen LogP contribution in [0.1, 0.15) is 62.0 Å². The predicted octanol–water partition coefficient (Wildman–Crippen LogP) is 0.0927. The molecule has 0 amide bonds. The molecule has 155 valence electrons. The van der Waals surface area contributed by atoms with Crippen molar-refractivity contribution < 1.29 is 45.2 Å². The number of rotatable bonds is 3. The van der Waals surface area contributed by atoms with Gasteiger partial charge in [-0.25, -0.2) is 0 Å². The van der Waals surface area contributed by atoms with E-state index in [-0.39, 0.29) is 24.8 Å². The molecule has 0 bridgehead atoms. The van der Waals surface area contributed by atoms with Crippen LogP contribution >= 0.6 is 11.1 Å². The monoisotopic (exact) mass is 507 g/mol. The molecule has 5 heteroatoms. The van der Waals surface area contributed by atoms with Crippen LogP contribution in [0.15, 0.2) is 47.1 Å². The number of allylic oxidation sites excluding steroid dienone is 4. The van der Waals surface area contributed by atoms with Crippen LogP contribution in [0.3, 0.4) is 0 Å². The second-order valence-corrected chi connectivity index (χ2v) is 14.7. The summed E-state index contributed by atoms with van der Waals surface area (Å²) in [6.45, 7) is 11.6. The van der Waals surface area contributed by atoms with Crippen molar-refractivity contribution in [1.82, 2.24) is 0 Å². The van der Waals surface area contributed by atoms with Gasteiger partial charge in [0.2, 0.25) is 0 Å². The van der Waals surface area contributed by atoms with Gasteiger partial charge in [-0.3, -0.25) is 0 Å². The number of hydrogen-bond acceptors (Lipinski definition) is 0. The van der Waals surface area contributed by atoms with Gasteiger partial charge in [-0.15, -0.1) is 0 Å². The summed E-state index contributed by atoms with van der Waals surface area (Å²) in [6.07, 6.45) is 1.17. The van der Waals surface area contributed by atoms with Crippen LogP contribution in [0.2, 0.25) is 6.04 Å². The Balaban J connectivity index is 0.00000128. The van der Waals surface area contributed by atoms with E-state index in [1.54, 1.807) is 15.9 Å². The quantitative estimate of drug-likeness (QED) is 0.407. The molecule has 3 unspecified atom stereocenters. The maximum atomic E-state index is 7.49. The Morgan fingerprint density at radius 2 is 1.63 bits per heavy atom. The van der Waals surface area contributed by atoms with Gasteiger partial charge in [-0.1, -0.05) is 0 Å². The van der Waals surface area contributed by atoms with E-state index in [0.29, 0.717) is 10.1 Å². The zero-order valence-electron chi connectivity index (χ0n) is 18.1. The van der Waals surface area contributed by atoms with E-state index in [1.807, 2.05) is 0 Å². The van der Waals surface area contributed by atoms with Crippen LogP contribution in [-0.4, -0.2) is 7.38 Å². The molecule has 0 radical (unpaired) electrons. The molecule has 0 nitrogen and oxygen atoms in total. The molecule has 2 aromatic rings. The first-order valence-electron chi connectivity index (χ1n) is 10.4. The number of fused-ring (bicyclic) bond motifs is 5. The second-order valence-electron chi connectivity index (χ2n) is 8.78. The molecule has 1 aliphatic heterocycles. The molecule has 1 heterocycles. The van der Waals surface area contributed by atoms with E-state index in [0.717, 1.165) is 0 Å². The van der Waals surface area contributed by atoms with Crippen LogP contribution in [-0.2, 0) is 20.4 Å². The molecular formula is C25H26Cl3SiTi. The first-order valence-corrected chi connectivity index (χ1v) is 14.5. The molecule has 0 saturated carbocycles. The van der Waals surface area contributed by atoms with Gasteiger partial charge < -0.3 is 24.8 Å². The van der Waals surface area contributed by atoms with E-state index in [2.05, 4.69) is 85.4 Å². The summed E-state index contributed by atoms with van der Waals surface area (Å²) in [5, 5.41) is 3.15. The SMILES string of the molecule is CCC[Si]1(Cl)c2c(C3=C(C)C(C)=C(C)C3C)cc3c(c21)[CH]([Ti+2])c1ccccc1-3.[Cl-].[Cl-]. The first-order chi connectivity index (χ1) is 13.3. The third-order valence-electron chi connectivity index (χ3n) is 7.47. The Morgan fingerprint density at radius 3 is 2.23 bits per heavy atom. The van der Waals surface area contributed by atoms with Crippen molar-refractivity contribution in [2.75, 3.05) is 0 Å². The molecule has 5 rings (SSSR count). The largest absolute Gasteiger partial charge is 1.00 e. The molecule has 2 aliphatic carbocycles. The minimum absolute atomic E-state index is 0. The van der Waals surface area contributed by atoms with Crippen molar-refractivity contribution >= 4 is 34.4 Å². The summed E-state index contributed by atoms with van der Waals surface area (Å²) in [4.78, 5) is 0. The Bertz CT molecular complexity index is 1120. The fourth-order valence-electron chi connectivity index (χ4n) is 5.70. The molecule has 0 spiro atoms. The standard InChI is InChI=1S/C25H26ClSi.2ClH.Ti/c1-6-11-27(26)24-21-12-18-9-7-8-10-19(18)20(21)13-22(25(24)27)23-16(4)14(2)15(3)17(23)5;;;/h7-10,12-13,16H,6,11H2,1-5H3;2*1H;/q;;;+2/p-2. The third kappa shape index (κ3) is 3.04. The summed E-state index contributed by atoms with van der Waals surface area (Å²) in [5.74, 6) is 0.494. The molecule has 0 N–H and O–H groups in total. The Kier molecular flexibility index (Phi) is 6.70. The molecule has 0 saturated heterocycles. The minimum atomic E-state index is -1.98. The van der Waals surface area contributed by atoms with E-state index in [9.17, 15) is 0 Å². The number of halogens is 3. The molecule has 3 aliphatic rings. The van der Waals surface area contributed by atoms with Gasteiger partial charge in [0.05, 0.1) is 0 Å². The van der Waals surface area contributed by atoms with E-state index >= 15 is 0 Å². The van der Waals surface area contributed by atoms with Crippen molar-refractivity contribution in [3.8, 4) is 11.1 Å². The van der Waals surface area contributed by atoms with Crippen molar-refractivity contribution in [2.45, 2.75) is 51.3 Å². The maximum Gasteiger partial charge on any atom is -1.00 e. The van der Waals surface area contributed by atoms with E-state index in [4.69, 9.17) is 11.1 Å². The predicted molar refractivity (Wildman–Crippen MR) is 120 cm³/mol. The van der Waals surface area contributed by atoms with Gasteiger partial charge in [-0.05, 0) is 0 Å². The van der Waals surface area contributed by atoms with Crippen LogP contribution in [0.25, 0.3) is 16.7 Å². The Labute approximate surface area is 210 Å². The van der Waals surface area contributed by atoms with Gasteiger partial charge in [0.15, 0.2) is 0 Å². The summed E-state index contributed by atoms with van der Waals surface area (Å²) in [5.41, 5.74) is 13.4. The smallest absolute Gasteiger partial charge is 1.00 e. The zero-order chi connectivity index (χ0) is 20.0. The van der Waals surface area contributed by atoms with Gasteiger partial charge in [0.25, 0.3) is 0 Å². The first kappa shape index (κ1) is 24.4. The van der Waals surface area contributed by atoms with Gasteiger partial charge >= 0.3 is 187 Å². The fraction of sp³-hybridized carbons (Fsp3) is 0.360. The van der Waals surface area contributed by atoms with Crippen molar-refractivity contribution in [3.63, 3.8) is 0 Å². The summed E-state index contributed by atoms with van der Waals surface area (Å²) < 4.78 is 0.469. The number of benzene rings is 2. The molecule has 0 aromatic heterocycles. The van der Waals surface area contributed by atoms with Crippen LogP contribution in [0.5, 0.6) is 0 Å². The summed E-state index contributed by atoms with van der Waals surface area (Å²) >= 11 is 9.86. The van der Waals surface area contributed by atoms with Crippen molar-refractivity contribution in [1.29, 1.82) is 0 Å². The third-order valence-corrected chi connectivity index (χ3v) is 13.7. The zero-order valence-corrected chi connectivity index (χ0v) is 22.9. The Morgan fingerprint density at radius 1 is 0.967 bits per heavy atom. The maximum absolute atomic E-state index is 7.49. The number of hydrogen-bond donors (Lipinski definition) is 0. The molecule has 30 heavy (non-hydrogen) atoms. The minimum Gasteiger partial charge on any atom is -1.00 e. The van der Waals surface area contributed by atoms with Gasteiger partial charge in [-0.2, -0.15) is 0 Å². The van der Waals surface area contributed by atoms with Crippen LogP contribution in [0, 0.1) is 5.92 Å². The average molecular weight is 509 g/mol. The topological polar surface area (TPSA) is 0 Å². The summed E-state index contributed by atoms with van der Waals surface area (Å²) in [6, 6.07) is 12.7. The molecular weight excluding hydrogens is 483 g/mol. The average Bonchev–Trinajstić information content (AvgIpc) is 3.12. The van der Waals surface area contributed by atoms with Gasteiger partial charge in [0, 0.05) is 0 Å².